The minimum Gasteiger partial charge on any atom is -0.477 e. The Balaban J connectivity index is 1.68. The van der Waals surface area contributed by atoms with Gasteiger partial charge in [-0.15, -0.1) is 0 Å². The summed E-state index contributed by atoms with van der Waals surface area (Å²) in [4.78, 5) is 30.1. The molecule has 1 atom stereocenters. The molecule has 2 fully saturated rings. The SMILES string of the molecule is CCn1cc(C(=O)O)c(=O)c2cc(F)c(N3CCC(CNC4CC4)C3)nc21. The zero-order valence-corrected chi connectivity index (χ0v) is 15.2. The molecule has 2 N–H and O–H groups in total. The standard InChI is InChI=1S/C19H23FN4O3/c1-2-23-10-14(19(26)27)16(25)13-7-15(20)18(22-17(13)23)24-6-5-11(9-24)8-21-12-3-4-12/h7,10-12,21H,2-6,8-9H2,1H3,(H,26,27). The summed E-state index contributed by atoms with van der Waals surface area (Å²) >= 11 is 0. The van der Waals surface area contributed by atoms with E-state index in [0.717, 1.165) is 32.1 Å². The molecule has 8 heteroatoms. The molecule has 0 amide bonds. The molecular weight excluding hydrogens is 351 g/mol. The van der Waals surface area contributed by atoms with Gasteiger partial charge >= 0.3 is 5.97 Å². The maximum absolute atomic E-state index is 14.8. The summed E-state index contributed by atoms with van der Waals surface area (Å²) in [5.41, 5.74) is -0.748. The Morgan fingerprint density at radius 3 is 2.85 bits per heavy atom. The van der Waals surface area contributed by atoms with E-state index in [-0.39, 0.29) is 16.8 Å². The number of anilines is 1. The number of halogens is 1. The molecule has 1 unspecified atom stereocenters. The van der Waals surface area contributed by atoms with E-state index in [1.54, 1.807) is 4.57 Å². The van der Waals surface area contributed by atoms with Crippen LogP contribution in [-0.2, 0) is 6.54 Å². The number of carboxylic acids is 1. The maximum Gasteiger partial charge on any atom is 0.341 e. The third kappa shape index (κ3) is 3.41. The molecule has 27 heavy (non-hydrogen) atoms. The van der Waals surface area contributed by atoms with E-state index in [1.165, 1.54) is 19.0 Å². The van der Waals surface area contributed by atoms with Crippen LogP contribution in [0.1, 0.15) is 36.5 Å². The van der Waals surface area contributed by atoms with Crippen LogP contribution in [0.25, 0.3) is 11.0 Å². The first kappa shape index (κ1) is 17.9. The minimum atomic E-state index is -1.32. The second-order valence-corrected chi connectivity index (χ2v) is 7.41. The van der Waals surface area contributed by atoms with Gasteiger partial charge in [0.15, 0.2) is 11.6 Å². The van der Waals surface area contributed by atoms with Crippen LogP contribution >= 0.6 is 0 Å². The van der Waals surface area contributed by atoms with Crippen molar-refractivity contribution >= 4 is 22.8 Å². The number of hydrogen-bond acceptors (Lipinski definition) is 5. The summed E-state index contributed by atoms with van der Waals surface area (Å²) in [6.45, 7) is 4.63. The molecule has 3 heterocycles. The highest BCUT2D eigenvalue weighted by Crippen LogP contribution is 2.27. The lowest BCUT2D eigenvalue weighted by Crippen LogP contribution is -2.28. The zero-order chi connectivity index (χ0) is 19.1. The highest BCUT2D eigenvalue weighted by atomic mass is 19.1. The molecule has 7 nitrogen and oxygen atoms in total. The van der Waals surface area contributed by atoms with Crippen molar-refractivity contribution in [1.29, 1.82) is 0 Å². The van der Waals surface area contributed by atoms with Gasteiger partial charge in [0.2, 0.25) is 5.43 Å². The molecule has 144 valence electrons. The van der Waals surface area contributed by atoms with Crippen LogP contribution in [0.3, 0.4) is 0 Å². The highest BCUT2D eigenvalue weighted by Gasteiger charge is 2.29. The van der Waals surface area contributed by atoms with Crippen molar-refractivity contribution in [1.82, 2.24) is 14.9 Å². The van der Waals surface area contributed by atoms with Gasteiger partial charge in [-0.1, -0.05) is 0 Å². The number of rotatable bonds is 6. The lowest BCUT2D eigenvalue weighted by atomic mass is 10.1. The van der Waals surface area contributed by atoms with E-state index in [2.05, 4.69) is 10.3 Å². The molecule has 0 spiro atoms. The second kappa shape index (κ2) is 6.92. The average molecular weight is 374 g/mol. The van der Waals surface area contributed by atoms with Crippen molar-refractivity contribution in [3.8, 4) is 0 Å². The number of carbonyl (C=O) groups is 1. The Morgan fingerprint density at radius 1 is 1.41 bits per heavy atom. The number of aromatic nitrogens is 2. The summed E-state index contributed by atoms with van der Waals surface area (Å²) in [6, 6.07) is 1.78. The Morgan fingerprint density at radius 2 is 2.19 bits per heavy atom. The fourth-order valence-corrected chi connectivity index (χ4v) is 3.70. The molecule has 2 aromatic heterocycles. The number of aromatic carboxylic acids is 1. The van der Waals surface area contributed by atoms with Gasteiger partial charge in [0.1, 0.15) is 11.2 Å². The monoisotopic (exact) mass is 374 g/mol. The van der Waals surface area contributed by atoms with Gasteiger partial charge < -0.3 is 19.9 Å². The summed E-state index contributed by atoms with van der Waals surface area (Å²) < 4.78 is 16.3. The van der Waals surface area contributed by atoms with Crippen molar-refractivity contribution in [3.63, 3.8) is 0 Å². The van der Waals surface area contributed by atoms with Crippen molar-refractivity contribution in [2.75, 3.05) is 24.5 Å². The number of nitrogens with one attached hydrogen (secondary N) is 1. The fraction of sp³-hybridized carbons (Fsp3) is 0.526. The van der Waals surface area contributed by atoms with Gasteiger partial charge in [0.05, 0.1) is 5.39 Å². The van der Waals surface area contributed by atoms with Crippen LogP contribution in [0.5, 0.6) is 0 Å². The Bertz CT molecular complexity index is 954. The number of hydrogen-bond donors (Lipinski definition) is 2. The third-order valence-electron chi connectivity index (χ3n) is 5.41. The smallest absolute Gasteiger partial charge is 0.341 e. The van der Waals surface area contributed by atoms with E-state index in [9.17, 15) is 19.1 Å². The Kier molecular flexibility index (Phi) is 4.59. The van der Waals surface area contributed by atoms with Gasteiger partial charge in [0, 0.05) is 31.9 Å². The van der Waals surface area contributed by atoms with Crippen molar-refractivity contribution in [2.24, 2.45) is 5.92 Å². The number of nitrogens with zero attached hydrogens (tertiary/aromatic N) is 3. The highest BCUT2D eigenvalue weighted by molar-refractivity contribution is 5.92. The molecule has 1 saturated heterocycles. The summed E-state index contributed by atoms with van der Waals surface area (Å²) in [5, 5.41) is 12.7. The van der Waals surface area contributed by atoms with Crippen LogP contribution in [0.15, 0.2) is 17.1 Å². The molecule has 0 aromatic carbocycles. The predicted molar refractivity (Wildman–Crippen MR) is 99.9 cm³/mol. The van der Waals surface area contributed by atoms with E-state index >= 15 is 0 Å². The normalized spacial score (nSPS) is 19.8. The molecule has 1 saturated carbocycles. The van der Waals surface area contributed by atoms with Gasteiger partial charge in [-0.2, -0.15) is 0 Å². The largest absolute Gasteiger partial charge is 0.477 e. The molecule has 0 bridgehead atoms. The van der Waals surface area contributed by atoms with Gasteiger partial charge in [-0.25, -0.2) is 14.2 Å². The minimum absolute atomic E-state index is 0.00384. The maximum atomic E-state index is 14.8. The van der Waals surface area contributed by atoms with Crippen LogP contribution in [0.4, 0.5) is 10.2 Å². The Labute approximate surface area is 155 Å². The molecule has 1 aliphatic heterocycles. The number of fused-ring (bicyclic) bond motifs is 1. The zero-order valence-electron chi connectivity index (χ0n) is 15.2. The Hall–Kier alpha value is -2.48. The first-order valence-corrected chi connectivity index (χ1v) is 9.43. The van der Waals surface area contributed by atoms with E-state index in [4.69, 9.17) is 0 Å². The van der Waals surface area contributed by atoms with Gasteiger partial charge in [0.25, 0.3) is 0 Å². The summed E-state index contributed by atoms with van der Waals surface area (Å²) in [7, 11) is 0. The van der Waals surface area contributed by atoms with Gasteiger partial charge in [-0.05, 0) is 44.7 Å². The average Bonchev–Trinajstić information content (AvgIpc) is 3.36. The molecule has 2 aromatic rings. The van der Waals surface area contributed by atoms with E-state index < -0.39 is 17.2 Å². The summed E-state index contributed by atoms with van der Waals surface area (Å²) in [6.07, 6.45) is 4.74. The first-order chi connectivity index (χ1) is 13.0. The van der Waals surface area contributed by atoms with Crippen molar-refractivity contribution in [3.05, 3.63) is 33.9 Å². The van der Waals surface area contributed by atoms with E-state index in [1.807, 2.05) is 11.8 Å². The van der Waals surface area contributed by atoms with Crippen LogP contribution < -0.4 is 15.6 Å². The van der Waals surface area contributed by atoms with Gasteiger partial charge in [-0.3, -0.25) is 4.79 Å². The van der Waals surface area contributed by atoms with E-state index in [0.29, 0.717) is 24.2 Å². The fourth-order valence-electron chi connectivity index (χ4n) is 3.70. The predicted octanol–water partition coefficient (Wildman–Crippen LogP) is 1.83. The lowest BCUT2D eigenvalue weighted by Gasteiger charge is -2.20. The van der Waals surface area contributed by atoms with Crippen molar-refractivity contribution < 1.29 is 14.3 Å². The first-order valence-electron chi connectivity index (χ1n) is 9.43. The molecule has 1 aliphatic carbocycles. The molecule has 4 rings (SSSR count). The van der Waals surface area contributed by atoms with Crippen molar-refractivity contribution in [2.45, 2.75) is 38.8 Å². The summed E-state index contributed by atoms with van der Waals surface area (Å²) in [5.74, 6) is -1.22. The molecule has 2 aliphatic rings. The number of aryl methyl sites for hydroxylation is 1. The van der Waals surface area contributed by atoms with Crippen LogP contribution in [0, 0.1) is 11.7 Å². The topological polar surface area (TPSA) is 87.5 Å². The molecule has 0 radical (unpaired) electrons. The van der Waals surface area contributed by atoms with Crippen LogP contribution in [0.2, 0.25) is 0 Å². The quantitative estimate of drug-likeness (QED) is 0.802. The number of carboxylic acid groups (broad SMARTS) is 1. The van der Waals surface area contributed by atoms with Crippen LogP contribution in [-0.4, -0.2) is 46.3 Å². The lowest BCUT2D eigenvalue weighted by molar-refractivity contribution is 0.0695. The third-order valence-corrected chi connectivity index (χ3v) is 5.41. The molecular formula is C19H23FN4O3. The second-order valence-electron chi connectivity index (χ2n) is 7.41. The number of pyridine rings is 2.